The Morgan fingerprint density at radius 2 is 2.29 bits per heavy atom. The second-order valence-corrected chi connectivity index (χ2v) is 5.77. The zero-order chi connectivity index (χ0) is 12.4. The zero-order valence-electron chi connectivity index (χ0n) is 10.5. The van der Waals surface area contributed by atoms with Crippen LogP contribution in [-0.2, 0) is 6.54 Å². The summed E-state index contributed by atoms with van der Waals surface area (Å²) in [4.78, 5) is 6.88. The molecule has 2 rings (SSSR count). The number of aliphatic hydroxyl groups excluding tert-OH is 1. The van der Waals surface area contributed by atoms with Crippen molar-refractivity contribution in [1.82, 2.24) is 14.7 Å². The number of aryl methyl sites for hydroxylation is 2. The van der Waals surface area contributed by atoms with Gasteiger partial charge in [0.05, 0.1) is 11.4 Å². The zero-order valence-corrected chi connectivity index (χ0v) is 11.3. The van der Waals surface area contributed by atoms with E-state index in [4.69, 9.17) is 5.11 Å². The molecule has 0 aliphatic rings. The Kier molecular flexibility index (Phi) is 3.81. The van der Waals surface area contributed by atoms with Crippen molar-refractivity contribution < 1.29 is 5.11 Å². The monoisotopic (exact) mass is 253 g/mol. The largest absolute Gasteiger partial charge is 0.396 e. The fraction of sp³-hybridized carbons (Fsp3) is 0.583. The van der Waals surface area contributed by atoms with Crippen LogP contribution in [0.1, 0.15) is 23.2 Å². The van der Waals surface area contributed by atoms with Gasteiger partial charge in [-0.25, -0.2) is 4.98 Å². The molecule has 0 saturated heterocycles. The van der Waals surface area contributed by atoms with E-state index >= 15 is 0 Å². The van der Waals surface area contributed by atoms with Gasteiger partial charge < -0.3 is 10.4 Å². The Bertz CT molecular complexity index is 503. The molecule has 0 aromatic carbocycles. The van der Waals surface area contributed by atoms with Crippen LogP contribution in [0.25, 0.3) is 4.96 Å². The number of aromatic nitrogens is 2. The van der Waals surface area contributed by atoms with Crippen molar-refractivity contribution in [3.8, 4) is 0 Å². The van der Waals surface area contributed by atoms with Gasteiger partial charge in [0.25, 0.3) is 0 Å². The van der Waals surface area contributed by atoms with Crippen LogP contribution < -0.4 is 5.32 Å². The lowest BCUT2D eigenvalue weighted by molar-refractivity contribution is 0.233. The van der Waals surface area contributed by atoms with Crippen molar-refractivity contribution in [1.29, 1.82) is 0 Å². The van der Waals surface area contributed by atoms with Gasteiger partial charge in [0.15, 0.2) is 4.96 Å². The lowest BCUT2D eigenvalue weighted by Crippen LogP contribution is -2.23. The van der Waals surface area contributed by atoms with Crippen LogP contribution in [0.4, 0.5) is 0 Å². The number of fused-ring (bicyclic) bond motifs is 1. The molecule has 1 unspecified atom stereocenters. The number of hydrogen-bond donors (Lipinski definition) is 2. The summed E-state index contributed by atoms with van der Waals surface area (Å²) in [6, 6.07) is 0. The molecular formula is C12H19N3OS. The first-order valence-corrected chi connectivity index (χ1v) is 6.69. The summed E-state index contributed by atoms with van der Waals surface area (Å²) in [6.45, 7) is 8.02. The third-order valence-corrected chi connectivity index (χ3v) is 3.74. The maximum atomic E-state index is 8.97. The molecule has 1 atom stereocenters. The Labute approximate surface area is 105 Å². The minimum absolute atomic E-state index is 0.228. The van der Waals surface area contributed by atoms with E-state index in [0.717, 1.165) is 23.7 Å². The number of imidazole rings is 1. The van der Waals surface area contributed by atoms with Gasteiger partial charge in [-0.15, -0.1) is 11.3 Å². The molecule has 0 spiro atoms. The average Bonchev–Trinajstić information content (AvgIpc) is 2.76. The van der Waals surface area contributed by atoms with Gasteiger partial charge in [0, 0.05) is 30.8 Å². The summed E-state index contributed by atoms with van der Waals surface area (Å²) in [7, 11) is 0. The van der Waals surface area contributed by atoms with E-state index in [9.17, 15) is 0 Å². The molecule has 5 heteroatoms. The number of thiazole rings is 1. The highest BCUT2D eigenvalue weighted by molar-refractivity contribution is 7.17. The average molecular weight is 253 g/mol. The molecule has 94 valence electrons. The summed E-state index contributed by atoms with van der Waals surface area (Å²) >= 11 is 1.72. The SMILES string of the molecule is Cc1cn2c(CNCC(C)CO)c(C)nc2s1. The number of nitrogens with zero attached hydrogens (tertiary/aromatic N) is 2. The minimum Gasteiger partial charge on any atom is -0.396 e. The fourth-order valence-electron chi connectivity index (χ4n) is 1.82. The lowest BCUT2D eigenvalue weighted by Gasteiger charge is -2.09. The van der Waals surface area contributed by atoms with E-state index in [-0.39, 0.29) is 6.61 Å². The van der Waals surface area contributed by atoms with E-state index in [1.54, 1.807) is 11.3 Å². The predicted molar refractivity (Wildman–Crippen MR) is 70.5 cm³/mol. The molecule has 2 aromatic rings. The van der Waals surface area contributed by atoms with Gasteiger partial charge in [-0.1, -0.05) is 6.92 Å². The van der Waals surface area contributed by atoms with Gasteiger partial charge in [0.2, 0.25) is 0 Å². The quantitative estimate of drug-likeness (QED) is 0.853. The fourth-order valence-corrected chi connectivity index (χ4v) is 2.71. The second kappa shape index (κ2) is 5.16. The molecule has 17 heavy (non-hydrogen) atoms. The summed E-state index contributed by atoms with van der Waals surface area (Å²) in [5.41, 5.74) is 2.30. The summed E-state index contributed by atoms with van der Waals surface area (Å²) < 4.78 is 2.16. The van der Waals surface area contributed by atoms with Crippen molar-refractivity contribution in [2.24, 2.45) is 5.92 Å². The maximum absolute atomic E-state index is 8.97. The van der Waals surface area contributed by atoms with Gasteiger partial charge >= 0.3 is 0 Å². The third kappa shape index (κ3) is 2.68. The second-order valence-electron chi connectivity index (χ2n) is 4.56. The van der Waals surface area contributed by atoms with Crippen molar-refractivity contribution in [2.75, 3.05) is 13.2 Å². The topological polar surface area (TPSA) is 49.6 Å². The van der Waals surface area contributed by atoms with E-state index in [2.05, 4.69) is 27.8 Å². The first-order chi connectivity index (χ1) is 8.11. The maximum Gasteiger partial charge on any atom is 0.194 e. The molecule has 0 aliphatic heterocycles. The molecule has 0 radical (unpaired) electrons. The molecule has 0 fully saturated rings. The normalized spacial score (nSPS) is 13.4. The highest BCUT2D eigenvalue weighted by Crippen LogP contribution is 2.20. The van der Waals surface area contributed by atoms with Crippen molar-refractivity contribution in [3.63, 3.8) is 0 Å². The van der Waals surface area contributed by atoms with Crippen LogP contribution in [0.15, 0.2) is 6.20 Å². The molecule has 0 aliphatic carbocycles. The van der Waals surface area contributed by atoms with Gasteiger partial charge in [-0.05, 0) is 19.8 Å². The van der Waals surface area contributed by atoms with Crippen molar-refractivity contribution in [3.05, 3.63) is 22.5 Å². The minimum atomic E-state index is 0.228. The van der Waals surface area contributed by atoms with Gasteiger partial charge in [-0.3, -0.25) is 4.40 Å². The Hall–Kier alpha value is -0.910. The number of hydrogen-bond acceptors (Lipinski definition) is 4. The molecular weight excluding hydrogens is 234 g/mol. The van der Waals surface area contributed by atoms with E-state index in [1.165, 1.54) is 10.6 Å². The first-order valence-electron chi connectivity index (χ1n) is 5.87. The van der Waals surface area contributed by atoms with Gasteiger partial charge in [0.1, 0.15) is 0 Å². The van der Waals surface area contributed by atoms with Crippen LogP contribution in [-0.4, -0.2) is 27.6 Å². The van der Waals surface area contributed by atoms with E-state index in [1.807, 2.05) is 13.8 Å². The van der Waals surface area contributed by atoms with E-state index < -0.39 is 0 Å². The highest BCUT2D eigenvalue weighted by atomic mass is 32.1. The molecule has 0 bridgehead atoms. The van der Waals surface area contributed by atoms with Crippen LogP contribution >= 0.6 is 11.3 Å². The molecule has 0 saturated carbocycles. The van der Waals surface area contributed by atoms with Gasteiger partial charge in [-0.2, -0.15) is 0 Å². The Morgan fingerprint density at radius 3 is 3.00 bits per heavy atom. The number of rotatable bonds is 5. The van der Waals surface area contributed by atoms with Crippen LogP contribution in [0, 0.1) is 19.8 Å². The smallest absolute Gasteiger partial charge is 0.194 e. The molecule has 4 nitrogen and oxygen atoms in total. The van der Waals surface area contributed by atoms with Crippen molar-refractivity contribution >= 4 is 16.3 Å². The van der Waals surface area contributed by atoms with Crippen molar-refractivity contribution in [2.45, 2.75) is 27.3 Å². The number of aliphatic hydroxyl groups is 1. The van der Waals surface area contributed by atoms with E-state index in [0.29, 0.717) is 5.92 Å². The summed E-state index contributed by atoms with van der Waals surface area (Å²) in [5, 5.41) is 12.3. The molecule has 2 N–H and O–H groups in total. The first kappa shape index (κ1) is 12.5. The van der Waals surface area contributed by atoms with Crippen LogP contribution in [0.3, 0.4) is 0 Å². The molecule has 2 heterocycles. The standard InChI is InChI=1S/C12H19N3OS/c1-8(7-16)4-13-5-11-10(3)14-12-15(11)6-9(2)17-12/h6,8,13,16H,4-5,7H2,1-3H3. The summed E-state index contributed by atoms with van der Waals surface area (Å²) in [6.07, 6.45) is 2.13. The summed E-state index contributed by atoms with van der Waals surface area (Å²) in [5.74, 6) is 0.294. The highest BCUT2D eigenvalue weighted by Gasteiger charge is 2.10. The Balaban J connectivity index is 2.09. The molecule has 0 amide bonds. The predicted octanol–water partition coefficient (Wildman–Crippen LogP) is 1.73. The van der Waals surface area contributed by atoms with Crippen LogP contribution in [0.2, 0.25) is 0 Å². The molecule has 2 aromatic heterocycles. The third-order valence-electron chi connectivity index (χ3n) is 2.84. The van der Waals surface area contributed by atoms with Crippen LogP contribution in [0.5, 0.6) is 0 Å². The lowest BCUT2D eigenvalue weighted by atomic mass is 10.2. The number of nitrogens with one attached hydrogen (secondary N) is 1. The Morgan fingerprint density at radius 1 is 1.53 bits per heavy atom.